The Labute approximate surface area is 179 Å². The molecule has 0 aliphatic carbocycles. The van der Waals surface area contributed by atoms with Gasteiger partial charge in [-0.2, -0.15) is 13.2 Å². The zero-order valence-corrected chi connectivity index (χ0v) is 16.4. The fraction of sp³-hybridized carbons (Fsp3) is 0.190. The van der Waals surface area contributed by atoms with Gasteiger partial charge in [-0.1, -0.05) is 6.07 Å². The lowest BCUT2D eigenvalue weighted by atomic mass is 10.0. The summed E-state index contributed by atoms with van der Waals surface area (Å²) in [6.07, 6.45) is -3.34. The van der Waals surface area contributed by atoms with Crippen LogP contribution in [0.5, 0.6) is 5.75 Å². The molecule has 0 unspecified atom stereocenters. The van der Waals surface area contributed by atoms with E-state index in [9.17, 15) is 22.4 Å². The first-order chi connectivity index (χ1) is 15.6. The van der Waals surface area contributed by atoms with Crippen LogP contribution in [0, 0.1) is 5.82 Å². The molecule has 5 rings (SSSR count). The van der Waals surface area contributed by atoms with Crippen molar-refractivity contribution in [2.24, 2.45) is 0 Å². The van der Waals surface area contributed by atoms with Gasteiger partial charge in [-0.15, -0.1) is 0 Å². The number of amides is 1. The highest BCUT2D eigenvalue weighted by atomic mass is 19.4. The summed E-state index contributed by atoms with van der Waals surface area (Å²) < 4.78 is 68.6. The molecule has 4 aromatic rings. The van der Waals surface area contributed by atoms with Crippen LogP contribution in [0.3, 0.4) is 0 Å². The minimum atomic E-state index is -4.53. The number of carbonyl (C=O) groups excluding carboxylic acids is 1. The van der Waals surface area contributed by atoms with Crippen molar-refractivity contribution in [3.63, 3.8) is 0 Å². The van der Waals surface area contributed by atoms with Crippen LogP contribution in [0.15, 0.2) is 42.8 Å². The molecular weight excluding hydrogens is 430 g/mol. The molecular formula is C21H15F4N5O2. The number of halogens is 4. The van der Waals surface area contributed by atoms with E-state index < -0.39 is 29.5 Å². The number of anilines is 1. The molecule has 32 heavy (non-hydrogen) atoms. The Hall–Kier alpha value is -3.89. The van der Waals surface area contributed by atoms with E-state index in [2.05, 4.69) is 9.97 Å². The van der Waals surface area contributed by atoms with Crippen LogP contribution in [0.2, 0.25) is 0 Å². The number of carbonyl (C=O) groups is 1. The van der Waals surface area contributed by atoms with Gasteiger partial charge in [0.25, 0.3) is 5.91 Å². The third kappa shape index (κ3) is 3.00. The quantitative estimate of drug-likeness (QED) is 0.473. The predicted octanol–water partition coefficient (Wildman–Crippen LogP) is 3.83. The monoisotopic (exact) mass is 446 g/mol. The Bertz CT molecular complexity index is 1450. The van der Waals surface area contributed by atoms with E-state index in [4.69, 9.17) is 11.8 Å². The molecule has 0 saturated heterocycles. The summed E-state index contributed by atoms with van der Waals surface area (Å²) in [6, 6.07) is 4.63. The van der Waals surface area contributed by atoms with Gasteiger partial charge in [-0.25, -0.2) is 14.4 Å². The highest BCUT2D eigenvalue weighted by Gasteiger charge is 2.36. The Morgan fingerprint density at radius 1 is 1.31 bits per heavy atom. The normalized spacial score (nSPS) is 16.2. The van der Waals surface area contributed by atoms with E-state index in [0.29, 0.717) is 11.1 Å². The molecule has 1 atom stereocenters. The van der Waals surface area contributed by atoms with Crippen LogP contribution in [-0.2, 0) is 6.18 Å². The second kappa shape index (κ2) is 6.81. The smallest absolute Gasteiger partial charge is 0.416 e. The summed E-state index contributed by atoms with van der Waals surface area (Å²) >= 11 is 0. The third-order valence-corrected chi connectivity index (χ3v) is 5.51. The highest BCUT2D eigenvalue weighted by Crippen LogP contribution is 2.40. The molecule has 0 saturated carbocycles. The summed E-state index contributed by atoms with van der Waals surface area (Å²) in [4.78, 5) is 22.4. The van der Waals surface area contributed by atoms with Crippen molar-refractivity contribution >= 4 is 28.3 Å². The molecule has 0 bridgehead atoms. The van der Waals surface area contributed by atoms with Gasteiger partial charge < -0.3 is 15.4 Å². The Kier molecular flexibility index (Phi) is 4.01. The second-order valence-corrected chi connectivity index (χ2v) is 7.39. The minimum absolute atomic E-state index is 0.0205. The van der Waals surface area contributed by atoms with Crippen molar-refractivity contribution < 1.29 is 28.5 Å². The number of imidazole rings is 1. The number of rotatable bonds is 2. The molecule has 0 spiro atoms. The Morgan fingerprint density at radius 3 is 2.84 bits per heavy atom. The molecule has 1 aliphatic rings. The van der Waals surface area contributed by atoms with Crippen LogP contribution >= 0.6 is 0 Å². The SMILES string of the molecule is [2H]c1ncc2c(N)nc3cc(F)c(C(=O)N(C)[C@@H]4COc5cc(C(F)(F)F)ccc54)cc3n12. The fourth-order valence-electron chi connectivity index (χ4n) is 3.82. The molecule has 11 heteroatoms. The summed E-state index contributed by atoms with van der Waals surface area (Å²) in [5.74, 6) is -1.50. The average Bonchev–Trinajstić information content (AvgIpc) is 3.36. The summed E-state index contributed by atoms with van der Waals surface area (Å²) in [7, 11) is 1.41. The lowest BCUT2D eigenvalue weighted by Gasteiger charge is -2.24. The van der Waals surface area contributed by atoms with E-state index >= 15 is 0 Å². The van der Waals surface area contributed by atoms with Crippen molar-refractivity contribution in [3.05, 3.63) is 65.3 Å². The van der Waals surface area contributed by atoms with E-state index in [0.717, 1.165) is 18.2 Å². The predicted molar refractivity (Wildman–Crippen MR) is 107 cm³/mol. The van der Waals surface area contributed by atoms with E-state index in [-0.39, 0.29) is 41.1 Å². The zero-order valence-electron chi connectivity index (χ0n) is 17.4. The number of hydrogen-bond acceptors (Lipinski definition) is 5. The number of fused-ring (bicyclic) bond motifs is 4. The number of ether oxygens (including phenoxy) is 1. The molecule has 2 N–H and O–H groups in total. The number of nitrogens with zero attached hydrogens (tertiary/aromatic N) is 4. The van der Waals surface area contributed by atoms with Crippen LogP contribution in [-0.4, -0.2) is 38.8 Å². The van der Waals surface area contributed by atoms with Gasteiger partial charge in [0.2, 0.25) is 0 Å². The first-order valence-corrected chi connectivity index (χ1v) is 9.40. The fourth-order valence-corrected chi connectivity index (χ4v) is 3.82. The van der Waals surface area contributed by atoms with Gasteiger partial charge in [-0.3, -0.25) is 9.20 Å². The van der Waals surface area contributed by atoms with Crippen molar-refractivity contribution in [1.82, 2.24) is 19.3 Å². The number of likely N-dealkylation sites (N-methyl/N-ethyl adjacent to an activating group) is 1. The molecule has 3 heterocycles. The molecule has 164 valence electrons. The molecule has 1 amide bonds. The number of aromatic nitrogens is 3. The molecule has 2 aromatic heterocycles. The standard InChI is InChI=1S/C21H15F4N5O2/c1-29(17-8-32-18-4-10(21(23,24)25)2-3-11(17)18)20(31)12-5-15-14(6-13(12)22)28-19(26)16-7-27-9-30(15)16/h2-7,9,17H,8H2,1H3,(H2,26,28)/t17-/m1/s1/i9D. The van der Waals surface area contributed by atoms with Crippen LogP contribution in [0.25, 0.3) is 16.6 Å². The maximum atomic E-state index is 14.9. The van der Waals surface area contributed by atoms with Gasteiger partial charge >= 0.3 is 6.18 Å². The van der Waals surface area contributed by atoms with Crippen molar-refractivity contribution in [2.75, 3.05) is 19.4 Å². The van der Waals surface area contributed by atoms with Gasteiger partial charge in [0.15, 0.2) is 0 Å². The van der Waals surface area contributed by atoms with Crippen molar-refractivity contribution in [1.29, 1.82) is 0 Å². The first-order valence-electron chi connectivity index (χ1n) is 9.90. The molecule has 1 aliphatic heterocycles. The summed E-state index contributed by atoms with van der Waals surface area (Å²) in [5, 5.41) is 0. The van der Waals surface area contributed by atoms with Crippen molar-refractivity contribution in [3.8, 4) is 5.75 Å². The maximum absolute atomic E-state index is 14.9. The Balaban J connectivity index is 1.55. The van der Waals surface area contributed by atoms with Gasteiger partial charge in [0, 0.05) is 18.7 Å². The summed E-state index contributed by atoms with van der Waals surface area (Å²) in [6.45, 7) is -0.0746. The number of nitrogens with two attached hydrogens (primary N) is 1. The molecule has 0 fully saturated rings. The number of alkyl halides is 3. The zero-order chi connectivity index (χ0) is 23.7. The van der Waals surface area contributed by atoms with E-state index in [1.165, 1.54) is 34.7 Å². The number of nitrogen functional groups attached to an aromatic ring is 1. The van der Waals surface area contributed by atoms with E-state index in [1.807, 2.05) is 0 Å². The second-order valence-electron chi connectivity index (χ2n) is 7.39. The van der Waals surface area contributed by atoms with Crippen LogP contribution in [0.4, 0.5) is 23.4 Å². The van der Waals surface area contributed by atoms with Crippen LogP contribution < -0.4 is 10.5 Å². The number of hydrogen-bond donors (Lipinski definition) is 1. The van der Waals surface area contributed by atoms with Crippen molar-refractivity contribution in [2.45, 2.75) is 12.2 Å². The number of benzene rings is 2. The molecule has 7 nitrogen and oxygen atoms in total. The topological polar surface area (TPSA) is 85.8 Å². The van der Waals surface area contributed by atoms with Crippen LogP contribution in [0.1, 0.15) is 28.9 Å². The van der Waals surface area contributed by atoms with Gasteiger partial charge in [0.05, 0.1) is 40.7 Å². The van der Waals surface area contributed by atoms with E-state index in [1.54, 1.807) is 0 Å². The molecule has 0 radical (unpaired) electrons. The highest BCUT2D eigenvalue weighted by molar-refractivity contribution is 5.98. The van der Waals surface area contributed by atoms with Gasteiger partial charge in [0.1, 0.15) is 30.9 Å². The largest absolute Gasteiger partial charge is 0.491 e. The maximum Gasteiger partial charge on any atom is 0.416 e. The lowest BCUT2D eigenvalue weighted by Crippen LogP contribution is -2.32. The first kappa shape index (κ1) is 18.8. The third-order valence-electron chi connectivity index (χ3n) is 5.51. The summed E-state index contributed by atoms with van der Waals surface area (Å²) in [5.41, 5.74) is 5.82. The molecule has 2 aromatic carbocycles. The van der Waals surface area contributed by atoms with Gasteiger partial charge in [-0.05, 0) is 18.2 Å². The lowest BCUT2D eigenvalue weighted by molar-refractivity contribution is -0.137. The minimum Gasteiger partial charge on any atom is -0.491 e. The average molecular weight is 446 g/mol. The Morgan fingerprint density at radius 2 is 2.09 bits per heavy atom.